The quantitative estimate of drug-likeness (QED) is 0.648. The predicted molar refractivity (Wildman–Crippen MR) is 94.1 cm³/mol. The van der Waals surface area contributed by atoms with Gasteiger partial charge in [0.15, 0.2) is 0 Å². The number of carboxylic acid groups (broad SMARTS) is 1. The molecule has 0 atom stereocenters. The number of halogens is 3. The molecular weight excluding hydrogens is 375 g/mol. The molecule has 0 aliphatic rings. The van der Waals surface area contributed by atoms with E-state index < -0.39 is 12.3 Å². The van der Waals surface area contributed by atoms with Crippen LogP contribution in [0.15, 0.2) is 66.7 Å². The Bertz CT molecular complexity index is 957. The Kier molecular flexibility index (Phi) is 5.49. The van der Waals surface area contributed by atoms with Crippen molar-refractivity contribution in [1.29, 1.82) is 0 Å². The van der Waals surface area contributed by atoms with Crippen LogP contribution in [0.2, 0.25) is 0 Å². The van der Waals surface area contributed by atoms with E-state index in [1.165, 1.54) is 24.3 Å². The van der Waals surface area contributed by atoms with E-state index in [0.717, 1.165) is 17.7 Å². The SMILES string of the molecule is O=C(O)c1cc(OCc2ccccc2)nc(-c2ccc(OC(F)(F)F)cc2)c1. The molecule has 1 N–H and O–H groups in total. The number of carbonyl (C=O) groups is 1. The summed E-state index contributed by atoms with van der Waals surface area (Å²) in [5.74, 6) is -1.47. The highest BCUT2D eigenvalue weighted by molar-refractivity contribution is 5.89. The number of aromatic nitrogens is 1. The van der Waals surface area contributed by atoms with Crippen LogP contribution in [0, 0.1) is 0 Å². The molecule has 0 bridgehead atoms. The Hall–Kier alpha value is -3.55. The van der Waals surface area contributed by atoms with Crippen molar-refractivity contribution in [3.05, 3.63) is 77.9 Å². The summed E-state index contributed by atoms with van der Waals surface area (Å²) in [5.41, 5.74) is 1.49. The van der Waals surface area contributed by atoms with Gasteiger partial charge in [-0.1, -0.05) is 30.3 Å². The molecule has 144 valence electrons. The van der Waals surface area contributed by atoms with Gasteiger partial charge >= 0.3 is 12.3 Å². The van der Waals surface area contributed by atoms with Crippen molar-refractivity contribution in [2.24, 2.45) is 0 Å². The predicted octanol–water partition coefficient (Wildman–Crippen LogP) is 4.92. The first-order valence-electron chi connectivity index (χ1n) is 8.08. The number of alkyl halides is 3. The average molecular weight is 389 g/mol. The van der Waals surface area contributed by atoms with Crippen molar-refractivity contribution in [3.8, 4) is 22.9 Å². The van der Waals surface area contributed by atoms with Crippen molar-refractivity contribution in [1.82, 2.24) is 4.98 Å². The van der Waals surface area contributed by atoms with Crippen molar-refractivity contribution >= 4 is 5.97 Å². The molecule has 1 aromatic heterocycles. The third kappa shape index (κ3) is 5.23. The van der Waals surface area contributed by atoms with Crippen LogP contribution in [-0.4, -0.2) is 22.4 Å². The maximum atomic E-state index is 12.3. The van der Waals surface area contributed by atoms with Crippen LogP contribution in [0.1, 0.15) is 15.9 Å². The molecule has 0 saturated heterocycles. The first kappa shape index (κ1) is 19.2. The smallest absolute Gasteiger partial charge is 0.478 e. The zero-order valence-electron chi connectivity index (χ0n) is 14.3. The van der Waals surface area contributed by atoms with Crippen molar-refractivity contribution in [2.45, 2.75) is 13.0 Å². The molecule has 0 aliphatic heterocycles. The van der Waals surface area contributed by atoms with E-state index in [2.05, 4.69) is 9.72 Å². The molecule has 0 amide bonds. The number of carboxylic acids is 1. The molecule has 1 heterocycles. The molecule has 28 heavy (non-hydrogen) atoms. The van der Waals surface area contributed by atoms with Crippen LogP contribution in [0.4, 0.5) is 13.2 Å². The summed E-state index contributed by atoms with van der Waals surface area (Å²) in [6.07, 6.45) is -4.79. The maximum Gasteiger partial charge on any atom is 0.573 e. The molecule has 0 fully saturated rings. The number of pyridine rings is 1. The fraction of sp³-hybridized carbons (Fsp3) is 0.100. The van der Waals surface area contributed by atoms with E-state index in [1.54, 1.807) is 0 Å². The van der Waals surface area contributed by atoms with Crippen molar-refractivity contribution < 1.29 is 32.5 Å². The molecule has 0 radical (unpaired) electrons. The Morgan fingerprint density at radius 1 is 1.00 bits per heavy atom. The van der Waals surface area contributed by atoms with Gasteiger partial charge in [-0.15, -0.1) is 13.2 Å². The first-order valence-corrected chi connectivity index (χ1v) is 8.08. The number of hydrogen-bond donors (Lipinski definition) is 1. The van der Waals surface area contributed by atoms with E-state index in [1.807, 2.05) is 30.3 Å². The van der Waals surface area contributed by atoms with Gasteiger partial charge in [0.2, 0.25) is 5.88 Å². The second-order valence-electron chi connectivity index (χ2n) is 5.73. The summed E-state index contributed by atoms with van der Waals surface area (Å²) >= 11 is 0. The number of hydrogen-bond acceptors (Lipinski definition) is 4. The molecule has 5 nitrogen and oxygen atoms in total. The molecule has 3 aromatic rings. The summed E-state index contributed by atoms with van der Waals surface area (Å²) in [7, 11) is 0. The summed E-state index contributed by atoms with van der Waals surface area (Å²) in [6, 6.07) is 16.8. The second-order valence-corrected chi connectivity index (χ2v) is 5.73. The Morgan fingerprint density at radius 3 is 2.29 bits per heavy atom. The molecule has 0 aliphatic carbocycles. The third-order valence-electron chi connectivity index (χ3n) is 3.66. The van der Waals surface area contributed by atoms with Crippen LogP contribution < -0.4 is 9.47 Å². The first-order chi connectivity index (χ1) is 13.3. The summed E-state index contributed by atoms with van der Waals surface area (Å²) in [6.45, 7) is 0.189. The third-order valence-corrected chi connectivity index (χ3v) is 3.66. The lowest BCUT2D eigenvalue weighted by Crippen LogP contribution is -2.16. The minimum absolute atomic E-state index is 0.0521. The van der Waals surface area contributed by atoms with Gasteiger partial charge in [0.05, 0.1) is 11.3 Å². The molecular formula is C20H14F3NO4. The van der Waals surface area contributed by atoms with Crippen LogP contribution >= 0.6 is 0 Å². The lowest BCUT2D eigenvalue weighted by atomic mass is 10.1. The zero-order chi connectivity index (χ0) is 20.1. The Balaban J connectivity index is 1.85. The van der Waals surface area contributed by atoms with Gasteiger partial charge in [-0.2, -0.15) is 0 Å². The van der Waals surface area contributed by atoms with Gasteiger partial charge in [-0.05, 0) is 35.9 Å². The molecule has 0 saturated carbocycles. The molecule has 2 aromatic carbocycles. The zero-order valence-corrected chi connectivity index (χ0v) is 14.3. The highest BCUT2D eigenvalue weighted by atomic mass is 19.4. The summed E-state index contributed by atoms with van der Waals surface area (Å²) in [5, 5.41) is 9.31. The minimum Gasteiger partial charge on any atom is -0.478 e. The standard InChI is InChI=1S/C20H14F3NO4/c21-20(22,23)28-16-8-6-14(7-9-16)17-10-15(19(25)26)11-18(24-17)27-12-13-4-2-1-3-5-13/h1-11H,12H2,(H,25,26). The average Bonchev–Trinajstić information content (AvgIpc) is 2.66. The Morgan fingerprint density at radius 2 is 1.68 bits per heavy atom. The fourth-order valence-corrected chi connectivity index (χ4v) is 2.41. The normalized spacial score (nSPS) is 11.1. The van der Waals surface area contributed by atoms with Gasteiger partial charge in [-0.3, -0.25) is 0 Å². The monoisotopic (exact) mass is 389 g/mol. The summed E-state index contributed by atoms with van der Waals surface area (Å²) < 4.78 is 46.2. The number of benzene rings is 2. The Labute approximate surface area is 158 Å². The minimum atomic E-state index is -4.79. The topological polar surface area (TPSA) is 68.7 Å². The molecule has 3 rings (SSSR count). The van der Waals surface area contributed by atoms with Crippen molar-refractivity contribution in [2.75, 3.05) is 0 Å². The van der Waals surface area contributed by atoms with Gasteiger partial charge in [0.1, 0.15) is 12.4 Å². The van der Waals surface area contributed by atoms with Crippen LogP contribution in [-0.2, 0) is 6.61 Å². The maximum absolute atomic E-state index is 12.3. The molecule has 0 spiro atoms. The van der Waals surface area contributed by atoms with E-state index in [0.29, 0.717) is 5.56 Å². The highest BCUT2D eigenvalue weighted by Crippen LogP contribution is 2.27. The number of rotatable bonds is 6. The second kappa shape index (κ2) is 7.99. The number of aromatic carboxylic acids is 1. The van der Waals surface area contributed by atoms with Gasteiger partial charge in [-0.25, -0.2) is 9.78 Å². The van der Waals surface area contributed by atoms with Gasteiger partial charge in [0.25, 0.3) is 0 Å². The number of nitrogens with zero attached hydrogens (tertiary/aromatic N) is 1. The van der Waals surface area contributed by atoms with Crippen LogP contribution in [0.25, 0.3) is 11.3 Å². The van der Waals surface area contributed by atoms with E-state index in [9.17, 15) is 23.1 Å². The fourth-order valence-electron chi connectivity index (χ4n) is 2.41. The van der Waals surface area contributed by atoms with E-state index in [4.69, 9.17) is 4.74 Å². The van der Waals surface area contributed by atoms with E-state index in [-0.39, 0.29) is 29.5 Å². The van der Waals surface area contributed by atoms with E-state index >= 15 is 0 Å². The van der Waals surface area contributed by atoms with Crippen LogP contribution in [0.3, 0.4) is 0 Å². The lowest BCUT2D eigenvalue weighted by Gasteiger charge is -2.11. The highest BCUT2D eigenvalue weighted by Gasteiger charge is 2.31. The number of ether oxygens (including phenoxy) is 2. The molecule has 8 heteroatoms. The summed E-state index contributed by atoms with van der Waals surface area (Å²) in [4.78, 5) is 15.7. The van der Waals surface area contributed by atoms with Crippen LogP contribution in [0.5, 0.6) is 11.6 Å². The van der Waals surface area contributed by atoms with Crippen molar-refractivity contribution in [3.63, 3.8) is 0 Å². The molecule has 0 unspecified atom stereocenters. The van der Waals surface area contributed by atoms with Gasteiger partial charge in [0, 0.05) is 11.6 Å². The van der Waals surface area contributed by atoms with Gasteiger partial charge < -0.3 is 14.6 Å². The largest absolute Gasteiger partial charge is 0.573 e. The lowest BCUT2D eigenvalue weighted by molar-refractivity contribution is -0.274.